The largest absolute Gasteiger partial charge is 0.452 e. The van der Waals surface area contributed by atoms with Crippen molar-refractivity contribution in [2.75, 3.05) is 26.9 Å². The van der Waals surface area contributed by atoms with Gasteiger partial charge in [-0.2, -0.15) is 0 Å². The summed E-state index contributed by atoms with van der Waals surface area (Å²) < 4.78 is 110. The molecule has 0 radical (unpaired) electrons. The summed E-state index contributed by atoms with van der Waals surface area (Å²) in [6.07, 6.45) is -16.9. The first-order chi connectivity index (χ1) is 53.3. The van der Waals surface area contributed by atoms with Crippen LogP contribution in [-0.2, 0) is 122 Å². The van der Waals surface area contributed by atoms with Gasteiger partial charge >= 0.3 is 17.9 Å². The number of esters is 3. The molecule has 0 amide bonds. The lowest BCUT2D eigenvalue weighted by Crippen LogP contribution is -2.65. The van der Waals surface area contributed by atoms with Crippen molar-refractivity contribution in [2.45, 2.75) is 138 Å². The minimum Gasteiger partial charge on any atom is -0.452 e. The second-order valence-corrected chi connectivity index (χ2v) is 26.1. The van der Waals surface area contributed by atoms with Gasteiger partial charge in [-0.25, -0.2) is 14.4 Å². The Kier molecular flexibility index (Phi) is 28.1. The van der Waals surface area contributed by atoms with Crippen LogP contribution in [0.2, 0.25) is 0 Å². The standard InChI is InChI=1S/C88H87NO19/c1-93-86-80(99-56-66-41-21-7-22-42-66)77(97-54-64-37-17-5-18-38-64)75(96-53-63-35-15-4-16-36-63)72(103-86)59-102-88-82(108-85(92)69-47-27-10-28-48-69)79(107-84(91)68-45-25-9-26-46-68)76(106-83(90)67-43-23-8-24-44-67)73(105-88)60-101-87-81(100-57-70-49-29-30-50-89-70)78(98-55-65-39-19-6-20-40-65)74(95-52-62-33-13-3-14-34-62)71(104-87)58-94-51-61-31-11-2-12-32-61/h2-50,71-82,86-88H,51-60H2,1H3/t71-,72-,73-,74-,75-,76-,77+,78+,79+,80-,81-,82-,86+,87-,88-/m1/s1. The lowest BCUT2D eigenvalue weighted by Gasteiger charge is -2.48. The van der Waals surface area contributed by atoms with Gasteiger partial charge in [0.05, 0.1) is 88.5 Å². The van der Waals surface area contributed by atoms with Crippen LogP contribution in [0.5, 0.6) is 0 Å². The fraction of sp³-hybridized carbons (Fsp3) is 0.295. The smallest absolute Gasteiger partial charge is 0.338 e. The van der Waals surface area contributed by atoms with E-state index in [-0.39, 0.29) is 69.5 Å². The van der Waals surface area contributed by atoms with Crippen molar-refractivity contribution >= 4 is 17.9 Å². The summed E-state index contributed by atoms with van der Waals surface area (Å²) >= 11 is 0. The number of carbonyl (C=O) groups is 3. The van der Waals surface area contributed by atoms with Gasteiger partial charge in [0.1, 0.15) is 54.9 Å². The number of hydrogen-bond donors (Lipinski definition) is 0. The van der Waals surface area contributed by atoms with E-state index in [1.807, 2.05) is 200 Å². The number of methoxy groups -OCH3 is 1. The van der Waals surface area contributed by atoms with Crippen LogP contribution in [0, 0.1) is 0 Å². The SMILES string of the molecule is CO[C@H]1O[C@H](CO[C@@H]2O[C@H](CO[C@@H]3O[C@H](COCc4ccccc4)[C@@H](OCc4ccccc4)[C@H](OCc4ccccc4)[C@H]3OCc3ccccn3)[C@@H](OC(=O)c3ccccc3)[C@H](OC(=O)c3ccccc3)[C@H]2OC(=O)c2ccccc2)[C@@H](OCc2ccccc2)[C@H](OCc2ccccc2)[C@H]1OCc1ccccc1. The first kappa shape index (κ1) is 76.2. The summed E-state index contributed by atoms with van der Waals surface area (Å²) in [6, 6.07) is 88.6. The van der Waals surface area contributed by atoms with Gasteiger partial charge in [-0.1, -0.05) is 243 Å². The molecule has 3 saturated heterocycles. The van der Waals surface area contributed by atoms with E-state index in [4.69, 9.17) is 75.8 Å². The van der Waals surface area contributed by atoms with Gasteiger partial charge in [0, 0.05) is 13.3 Å². The molecule has 20 nitrogen and oxygen atoms in total. The highest BCUT2D eigenvalue weighted by molar-refractivity contribution is 5.91. The van der Waals surface area contributed by atoms with Crippen LogP contribution in [0.25, 0.3) is 0 Å². The monoisotopic (exact) mass is 1460 g/mol. The van der Waals surface area contributed by atoms with Gasteiger partial charge in [-0.3, -0.25) is 4.98 Å². The molecule has 20 heteroatoms. The molecular weight excluding hydrogens is 1370 g/mol. The topological polar surface area (TPSA) is 212 Å². The quantitative estimate of drug-likeness (QED) is 0.0267. The van der Waals surface area contributed by atoms with Crippen LogP contribution in [-0.4, -0.2) is 142 Å². The van der Waals surface area contributed by atoms with Gasteiger partial charge in [-0.05, 0) is 81.9 Å². The lowest BCUT2D eigenvalue weighted by atomic mass is 9.96. The summed E-state index contributed by atoms with van der Waals surface area (Å²) in [5, 5.41) is 0. The number of aromatic nitrogens is 1. The van der Waals surface area contributed by atoms with E-state index >= 15 is 9.59 Å². The summed E-state index contributed by atoms with van der Waals surface area (Å²) in [5.74, 6) is -2.57. The molecule has 13 rings (SSSR count). The van der Waals surface area contributed by atoms with Crippen LogP contribution in [0.3, 0.4) is 0 Å². The van der Waals surface area contributed by atoms with E-state index in [1.54, 1.807) is 97.2 Å². The Morgan fingerprint density at radius 3 is 0.963 bits per heavy atom. The third-order valence-corrected chi connectivity index (χ3v) is 18.6. The summed E-state index contributed by atoms with van der Waals surface area (Å²) in [5.41, 5.74) is 6.27. The zero-order valence-corrected chi connectivity index (χ0v) is 59.7. The highest BCUT2D eigenvalue weighted by atomic mass is 16.8. The first-order valence-corrected chi connectivity index (χ1v) is 36.2. The summed E-state index contributed by atoms with van der Waals surface area (Å²) in [6.45, 7) is -0.107. The molecule has 0 aliphatic carbocycles. The normalized spacial score (nSPS) is 24.1. The molecule has 0 unspecified atom stereocenters. The molecule has 3 fully saturated rings. The average Bonchev–Trinajstić information content (AvgIpc) is 0.772. The Bertz CT molecular complexity index is 4270. The minimum atomic E-state index is -1.74. The molecule has 10 aromatic rings. The van der Waals surface area contributed by atoms with E-state index < -0.39 is 123 Å². The number of nitrogens with zero attached hydrogens (tertiary/aromatic N) is 1. The first-order valence-electron chi connectivity index (χ1n) is 36.2. The molecule has 1 aromatic heterocycles. The van der Waals surface area contributed by atoms with Crippen LogP contribution in [0.4, 0.5) is 0 Å². The van der Waals surface area contributed by atoms with Crippen molar-refractivity contribution in [3.8, 4) is 0 Å². The maximum absolute atomic E-state index is 15.1. The number of carbonyl (C=O) groups excluding carboxylic acids is 3. The van der Waals surface area contributed by atoms with E-state index in [0.717, 1.165) is 33.4 Å². The van der Waals surface area contributed by atoms with E-state index in [2.05, 4.69) is 4.98 Å². The molecule has 15 atom stereocenters. The zero-order valence-electron chi connectivity index (χ0n) is 59.7. The van der Waals surface area contributed by atoms with E-state index in [0.29, 0.717) is 5.69 Å². The van der Waals surface area contributed by atoms with Crippen LogP contribution >= 0.6 is 0 Å². The Morgan fingerprint density at radius 2 is 0.574 bits per heavy atom. The highest BCUT2D eigenvalue weighted by Gasteiger charge is 2.57. The van der Waals surface area contributed by atoms with E-state index in [9.17, 15) is 4.79 Å². The Hall–Kier alpha value is -9.98. The number of ether oxygens (including phenoxy) is 16. The number of rotatable bonds is 35. The van der Waals surface area contributed by atoms with Gasteiger partial charge in [0.25, 0.3) is 0 Å². The van der Waals surface area contributed by atoms with Gasteiger partial charge in [0.15, 0.2) is 37.2 Å². The van der Waals surface area contributed by atoms with Crippen molar-refractivity contribution in [1.82, 2.24) is 4.98 Å². The summed E-state index contributed by atoms with van der Waals surface area (Å²) in [7, 11) is 1.51. The Labute approximate surface area is 628 Å². The highest BCUT2D eigenvalue weighted by Crippen LogP contribution is 2.38. The number of hydrogen-bond acceptors (Lipinski definition) is 20. The molecule has 558 valence electrons. The molecule has 108 heavy (non-hydrogen) atoms. The van der Waals surface area contributed by atoms with Crippen molar-refractivity contribution in [2.24, 2.45) is 0 Å². The van der Waals surface area contributed by atoms with Crippen LogP contribution < -0.4 is 0 Å². The fourth-order valence-electron chi connectivity index (χ4n) is 13.1. The van der Waals surface area contributed by atoms with Crippen LogP contribution in [0.15, 0.2) is 297 Å². The third-order valence-electron chi connectivity index (χ3n) is 18.6. The lowest BCUT2D eigenvalue weighted by molar-refractivity contribution is -0.352. The molecule has 9 aromatic carbocycles. The van der Waals surface area contributed by atoms with Crippen molar-refractivity contribution < 1.29 is 90.2 Å². The fourth-order valence-corrected chi connectivity index (χ4v) is 13.1. The van der Waals surface area contributed by atoms with Crippen molar-refractivity contribution in [1.29, 1.82) is 0 Å². The summed E-state index contributed by atoms with van der Waals surface area (Å²) in [4.78, 5) is 49.7. The second-order valence-electron chi connectivity index (χ2n) is 26.1. The Morgan fingerprint density at radius 1 is 0.278 bits per heavy atom. The molecular formula is C88H87NO19. The molecule has 3 aliphatic heterocycles. The minimum absolute atomic E-state index is 0.0211. The maximum Gasteiger partial charge on any atom is 0.338 e. The number of benzene rings is 9. The Balaban J connectivity index is 0.903. The predicted molar refractivity (Wildman–Crippen MR) is 396 cm³/mol. The molecule has 0 spiro atoms. The molecule has 4 heterocycles. The molecule has 0 N–H and O–H groups in total. The van der Waals surface area contributed by atoms with Gasteiger partial charge in [-0.15, -0.1) is 0 Å². The molecule has 3 aliphatic rings. The van der Waals surface area contributed by atoms with Crippen molar-refractivity contribution in [3.63, 3.8) is 0 Å². The molecule has 0 bridgehead atoms. The van der Waals surface area contributed by atoms with Gasteiger partial charge in [0.2, 0.25) is 0 Å². The third kappa shape index (κ3) is 21.2. The van der Waals surface area contributed by atoms with Crippen molar-refractivity contribution in [3.05, 3.63) is 353 Å². The zero-order chi connectivity index (χ0) is 73.9. The van der Waals surface area contributed by atoms with Crippen LogP contribution in [0.1, 0.15) is 70.1 Å². The second kappa shape index (κ2) is 39.7. The maximum atomic E-state index is 15.1. The van der Waals surface area contributed by atoms with Gasteiger partial charge < -0.3 is 75.8 Å². The average molecular weight is 1460 g/mol. The molecule has 0 saturated carbocycles. The predicted octanol–water partition coefficient (Wildman–Crippen LogP) is 13.6. The number of pyridine rings is 1. The van der Waals surface area contributed by atoms with E-state index in [1.165, 1.54) is 7.11 Å².